The second kappa shape index (κ2) is 10.9. The first-order valence-corrected chi connectivity index (χ1v) is 12.3. The summed E-state index contributed by atoms with van der Waals surface area (Å²) in [4.78, 5) is 15.1. The molecular weight excluding hydrogens is 439 g/mol. The first-order chi connectivity index (χ1) is 15.4. The van der Waals surface area contributed by atoms with E-state index in [1.165, 1.54) is 28.7 Å². The number of anilines is 1. The van der Waals surface area contributed by atoms with Crippen LogP contribution in [0.3, 0.4) is 0 Å². The molecule has 3 rings (SSSR count). The highest BCUT2D eigenvalue weighted by atomic mass is 32.2. The molecule has 2 aromatic rings. The molecule has 2 heterocycles. The molecule has 0 N–H and O–H groups in total. The lowest BCUT2D eigenvalue weighted by atomic mass is 10.3. The van der Waals surface area contributed by atoms with Crippen LogP contribution in [0.15, 0.2) is 35.3 Å². The Labute approximate surface area is 187 Å². The van der Waals surface area contributed by atoms with Gasteiger partial charge in [0.2, 0.25) is 15.8 Å². The maximum absolute atomic E-state index is 14.3. The van der Waals surface area contributed by atoms with Crippen LogP contribution >= 0.6 is 0 Å². The summed E-state index contributed by atoms with van der Waals surface area (Å²) < 4.78 is 52.5. The Morgan fingerprint density at radius 3 is 2.44 bits per heavy atom. The van der Waals surface area contributed by atoms with E-state index in [1.807, 2.05) is 18.7 Å². The quantitative estimate of drug-likeness (QED) is 0.490. The van der Waals surface area contributed by atoms with Crippen molar-refractivity contribution < 1.29 is 22.3 Å². The van der Waals surface area contributed by atoms with Gasteiger partial charge in [-0.15, -0.1) is 0 Å². The Kier molecular flexibility index (Phi) is 8.21. The van der Waals surface area contributed by atoms with Crippen molar-refractivity contribution in [1.29, 1.82) is 0 Å². The first kappa shape index (κ1) is 24.1. The van der Waals surface area contributed by atoms with E-state index in [1.54, 1.807) is 6.07 Å². The van der Waals surface area contributed by atoms with Gasteiger partial charge in [-0.05, 0) is 25.5 Å². The molecule has 1 fully saturated rings. The van der Waals surface area contributed by atoms with Crippen molar-refractivity contribution in [1.82, 2.24) is 14.1 Å². The molecule has 0 saturated carbocycles. The third-order valence-electron chi connectivity index (χ3n) is 5.11. The van der Waals surface area contributed by atoms with Gasteiger partial charge in [0.15, 0.2) is 0 Å². The van der Waals surface area contributed by atoms with Crippen LogP contribution in [0.1, 0.15) is 20.3 Å². The Morgan fingerprint density at radius 2 is 1.78 bits per heavy atom. The number of hydrogen-bond donors (Lipinski definition) is 0. The molecule has 0 aliphatic carbocycles. The van der Waals surface area contributed by atoms with Crippen LogP contribution in [0.2, 0.25) is 0 Å². The summed E-state index contributed by atoms with van der Waals surface area (Å²) >= 11 is 0. The van der Waals surface area contributed by atoms with E-state index in [4.69, 9.17) is 9.47 Å². The summed E-state index contributed by atoms with van der Waals surface area (Å²) in [6.45, 7) is 6.01. The van der Waals surface area contributed by atoms with E-state index in [9.17, 15) is 17.6 Å². The largest absolute Gasteiger partial charge is 0.484 e. The number of benzene rings is 1. The van der Waals surface area contributed by atoms with Gasteiger partial charge in [-0.2, -0.15) is 14.1 Å². The highest BCUT2D eigenvalue weighted by Crippen LogP contribution is 2.26. The molecule has 176 valence electrons. The number of para-hydroxylation sites is 1. The average molecular weight is 469 g/mol. The fraction of sp³-hybridized carbons (Fsp3) is 0.524. The fourth-order valence-electron chi connectivity index (χ4n) is 3.53. The summed E-state index contributed by atoms with van der Waals surface area (Å²) in [6, 6.07) is 5.86. The smallest absolute Gasteiger partial charge is 0.316 e. The van der Waals surface area contributed by atoms with Gasteiger partial charge in [-0.3, -0.25) is 4.79 Å². The molecule has 0 radical (unpaired) electrons. The minimum atomic E-state index is -3.29. The van der Waals surface area contributed by atoms with E-state index >= 15 is 0 Å². The number of piperazine rings is 1. The topological polar surface area (TPSA) is 94.0 Å². The van der Waals surface area contributed by atoms with E-state index < -0.39 is 21.4 Å². The monoisotopic (exact) mass is 468 g/mol. The lowest BCUT2D eigenvalue weighted by Crippen LogP contribution is -2.49. The average Bonchev–Trinajstić information content (AvgIpc) is 2.78. The molecule has 1 aromatic heterocycles. The van der Waals surface area contributed by atoms with Gasteiger partial charge < -0.3 is 14.4 Å². The van der Waals surface area contributed by atoms with Crippen LogP contribution in [-0.2, 0) is 14.8 Å². The third kappa shape index (κ3) is 5.45. The van der Waals surface area contributed by atoms with E-state index in [0.29, 0.717) is 51.5 Å². The zero-order valence-corrected chi connectivity index (χ0v) is 19.2. The molecule has 1 aromatic carbocycles. The Hall–Kier alpha value is -2.50. The number of aromatic nitrogens is 2. The second-order valence-corrected chi connectivity index (χ2v) is 9.36. The molecule has 11 heteroatoms. The van der Waals surface area contributed by atoms with Crippen molar-refractivity contribution >= 4 is 15.7 Å². The summed E-state index contributed by atoms with van der Waals surface area (Å²) in [7, 11) is -3.29. The second-order valence-electron chi connectivity index (χ2n) is 7.27. The van der Waals surface area contributed by atoms with E-state index in [0.717, 1.165) is 4.68 Å². The van der Waals surface area contributed by atoms with Crippen LogP contribution in [-0.4, -0.2) is 74.3 Å². The summed E-state index contributed by atoms with van der Waals surface area (Å²) in [5.41, 5.74) is -0.119. The molecular formula is C21H29FN4O5S. The Morgan fingerprint density at radius 1 is 1.06 bits per heavy atom. The van der Waals surface area contributed by atoms with E-state index in [-0.39, 0.29) is 23.8 Å². The molecule has 1 aliphatic rings. The number of ether oxygens (including phenoxy) is 2. The maximum atomic E-state index is 14.3. The lowest BCUT2D eigenvalue weighted by Gasteiger charge is -2.35. The predicted octanol–water partition coefficient (Wildman–Crippen LogP) is 1.65. The standard InChI is InChI=1S/C21H29FN4O5S/c1-3-15-32(28,29)25-11-9-24(10-12-25)19-16-23-26(18-8-6-5-7-17(18)22)21(27)20(19)31-14-13-30-4-2/h5-8,16H,3-4,9-15H2,1-2H3. The molecule has 0 bridgehead atoms. The molecule has 1 aliphatic heterocycles. The molecule has 0 amide bonds. The van der Waals surface area contributed by atoms with Crippen molar-refractivity contribution in [2.45, 2.75) is 20.3 Å². The van der Waals surface area contributed by atoms with Crippen molar-refractivity contribution in [2.75, 3.05) is 56.7 Å². The van der Waals surface area contributed by atoms with Gasteiger partial charge in [0.1, 0.15) is 23.8 Å². The number of rotatable bonds is 10. The molecule has 0 unspecified atom stereocenters. The molecule has 0 atom stereocenters. The zero-order chi connectivity index (χ0) is 23.1. The fourth-order valence-corrected chi connectivity index (χ4v) is 5.02. The van der Waals surface area contributed by atoms with Gasteiger partial charge in [-0.25, -0.2) is 12.8 Å². The highest BCUT2D eigenvalue weighted by Gasteiger charge is 2.29. The third-order valence-corrected chi connectivity index (χ3v) is 7.18. The van der Waals surface area contributed by atoms with Crippen LogP contribution in [0.4, 0.5) is 10.1 Å². The van der Waals surface area contributed by atoms with E-state index in [2.05, 4.69) is 5.10 Å². The number of halogens is 1. The van der Waals surface area contributed by atoms with Crippen molar-refractivity contribution in [2.24, 2.45) is 0 Å². The lowest BCUT2D eigenvalue weighted by molar-refractivity contribution is 0.109. The first-order valence-electron chi connectivity index (χ1n) is 10.7. The normalized spacial score (nSPS) is 15.2. The Balaban J connectivity index is 1.89. The number of hydrogen-bond acceptors (Lipinski definition) is 7. The summed E-state index contributed by atoms with van der Waals surface area (Å²) in [5, 5.41) is 4.17. The zero-order valence-electron chi connectivity index (χ0n) is 18.4. The summed E-state index contributed by atoms with van der Waals surface area (Å²) in [5.74, 6) is -0.434. The van der Waals surface area contributed by atoms with Gasteiger partial charge in [-0.1, -0.05) is 19.1 Å². The SMILES string of the molecule is CCCS(=O)(=O)N1CCN(c2cnn(-c3ccccc3F)c(=O)c2OCCOCC)CC1. The van der Waals surface area contributed by atoms with Crippen LogP contribution in [0.25, 0.3) is 5.69 Å². The van der Waals surface area contributed by atoms with Crippen LogP contribution in [0, 0.1) is 5.82 Å². The molecule has 1 saturated heterocycles. The number of nitrogens with zero attached hydrogens (tertiary/aromatic N) is 4. The highest BCUT2D eigenvalue weighted by molar-refractivity contribution is 7.89. The summed E-state index contributed by atoms with van der Waals surface area (Å²) in [6.07, 6.45) is 2.01. The van der Waals surface area contributed by atoms with Crippen LogP contribution < -0.4 is 15.2 Å². The minimum Gasteiger partial charge on any atom is -0.484 e. The van der Waals surface area contributed by atoms with Gasteiger partial charge in [0, 0.05) is 32.8 Å². The molecule has 9 nitrogen and oxygen atoms in total. The molecule has 0 spiro atoms. The van der Waals surface area contributed by atoms with Crippen molar-refractivity contribution in [3.63, 3.8) is 0 Å². The van der Waals surface area contributed by atoms with Gasteiger partial charge in [0.25, 0.3) is 0 Å². The number of sulfonamides is 1. The maximum Gasteiger partial charge on any atom is 0.316 e. The van der Waals surface area contributed by atoms with Crippen molar-refractivity contribution in [3.8, 4) is 11.4 Å². The Bertz CT molecular complexity index is 1070. The minimum absolute atomic E-state index is 0.0224. The van der Waals surface area contributed by atoms with Crippen LogP contribution in [0.5, 0.6) is 5.75 Å². The van der Waals surface area contributed by atoms with Gasteiger partial charge >= 0.3 is 5.56 Å². The van der Waals surface area contributed by atoms with Crippen molar-refractivity contribution in [3.05, 3.63) is 46.6 Å². The predicted molar refractivity (Wildman–Crippen MR) is 120 cm³/mol. The molecule has 32 heavy (non-hydrogen) atoms. The van der Waals surface area contributed by atoms with Gasteiger partial charge in [0.05, 0.1) is 18.6 Å².